The maximum absolute atomic E-state index is 15.2. The fraction of sp³-hybridized carbons (Fsp3) is 0.346. The van der Waals surface area contributed by atoms with Gasteiger partial charge in [0.15, 0.2) is 11.6 Å². The molecule has 0 saturated carbocycles. The van der Waals surface area contributed by atoms with Crippen molar-refractivity contribution >= 4 is 27.6 Å². The van der Waals surface area contributed by atoms with Gasteiger partial charge in [0, 0.05) is 23.8 Å². The van der Waals surface area contributed by atoms with E-state index in [0.29, 0.717) is 18.8 Å². The van der Waals surface area contributed by atoms with Crippen molar-refractivity contribution in [2.45, 2.75) is 44.6 Å². The van der Waals surface area contributed by atoms with E-state index in [0.717, 1.165) is 6.42 Å². The molecule has 9 nitrogen and oxygen atoms in total. The third-order valence-electron chi connectivity index (χ3n) is 6.92. The predicted octanol–water partition coefficient (Wildman–Crippen LogP) is 4.01. The number of halogens is 1. The molecule has 11 heteroatoms. The van der Waals surface area contributed by atoms with Gasteiger partial charge in [-0.25, -0.2) is 27.5 Å². The van der Waals surface area contributed by atoms with Crippen LogP contribution in [0.4, 0.5) is 16.0 Å². The Bertz CT molecular complexity index is 1440. The Labute approximate surface area is 215 Å². The molecule has 1 saturated heterocycles. The highest BCUT2D eigenvalue weighted by Gasteiger charge is 2.41. The number of aromatic nitrogens is 2. The molecule has 0 bridgehead atoms. The molecule has 196 valence electrons. The monoisotopic (exact) mass is 527 g/mol. The SMILES string of the molecule is CCOc1cccc(-c2ccc(C(=O)NS(=O)(=O)c3cccnc3N)c(N3CCC(C)C3(C)C)n2)c1F. The van der Waals surface area contributed by atoms with E-state index in [1.54, 1.807) is 19.1 Å². The summed E-state index contributed by atoms with van der Waals surface area (Å²) in [5, 5.41) is 0. The number of hydrogen-bond donors (Lipinski definition) is 2. The van der Waals surface area contributed by atoms with E-state index in [1.165, 1.54) is 36.5 Å². The van der Waals surface area contributed by atoms with Gasteiger partial charge in [-0.2, -0.15) is 0 Å². The number of nitrogen functional groups attached to an aromatic ring is 1. The van der Waals surface area contributed by atoms with Gasteiger partial charge in [0.05, 0.1) is 17.9 Å². The standard InChI is InChI=1S/C26H30FN5O4S/c1-5-36-20-9-6-8-17(22(20)27)19-12-11-18(24(30-19)32-15-13-16(2)26(32,3)4)25(33)31-37(34,35)21-10-7-14-29-23(21)28/h6-12,14,16H,5,13,15H2,1-4H3,(H2,28,29)(H,31,33). The van der Waals surface area contributed by atoms with Crippen molar-refractivity contribution in [3.05, 3.63) is 60.0 Å². The fourth-order valence-corrected chi connectivity index (χ4v) is 5.48. The average molecular weight is 528 g/mol. The first-order valence-electron chi connectivity index (χ1n) is 12.0. The molecule has 3 N–H and O–H groups in total. The minimum absolute atomic E-state index is 0.0401. The number of nitrogens with two attached hydrogens (primary N) is 1. The Morgan fingerprint density at radius 3 is 2.65 bits per heavy atom. The van der Waals surface area contributed by atoms with Crippen LogP contribution in [0.2, 0.25) is 0 Å². The Balaban J connectivity index is 1.81. The normalized spacial score (nSPS) is 17.0. The van der Waals surface area contributed by atoms with Gasteiger partial charge < -0.3 is 15.4 Å². The maximum atomic E-state index is 15.2. The van der Waals surface area contributed by atoms with E-state index in [9.17, 15) is 13.2 Å². The molecule has 1 aromatic carbocycles. The molecule has 4 rings (SSSR count). The van der Waals surface area contributed by atoms with Gasteiger partial charge in [-0.3, -0.25) is 4.79 Å². The molecule has 37 heavy (non-hydrogen) atoms. The van der Waals surface area contributed by atoms with E-state index < -0.39 is 21.7 Å². The van der Waals surface area contributed by atoms with Crippen molar-refractivity contribution in [1.82, 2.24) is 14.7 Å². The summed E-state index contributed by atoms with van der Waals surface area (Å²) in [5.41, 5.74) is 5.88. The highest BCUT2D eigenvalue weighted by Crippen LogP contribution is 2.40. The second kappa shape index (κ2) is 9.97. The first kappa shape index (κ1) is 26.3. The Morgan fingerprint density at radius 1 is 1.24 bits per heavy atom. The van der Waals surface area contributed by atoms with E-state index in [2.05, 4.69) is 16.6 Å². The molecule has 1 aliphatic rings. The summed E-state index contributed by atoms with van der Waals surface area (Å²) in [6, 6.07) is 10.4. The number of carbonyl (C=O) groups excluding carboxylic acids is 1. The number of nitrogens with one attached hydrogen (secondary N) is 1. The highest BCUT2D eigenvalue weighted by molar-refractivity contribution is 7.90. The van der Waals surface area contributed by atoms with Crippen molar-refractivity contribution in [3.8, 4) is 17.0 Å². The molecule has 1 amide bonds. The smallest absolute Gasteiger partial charge is 0.268 e. The van der Waals surface area contributed by atoms with Gasteiger partial charge in [-0.15, -0.1) is 0 Å². The molecule has 2 aromatic heterocycles. The zero-order valence-electron chi connectivity index (χ0n) is 21.2. The molecule has 1 atom stereocenters. The van der Waals surface area contributed by atoms with Crippen LogP contribution in [-0.4, -0.2) is 43.0 Å². The summed E-state index contributed by atoms with van der Waals surface area (Å²) < 4.78 is 48.5. The van der Waals surface area contributed by atoms with Crippen molar-refractivity contribution in [2.24, 2.45) is 5.92 Å². The molecule has 0 radical (unpaired) electrons. The topological polar surface area (TPSA) is 128 Å². The zero-order valence-corrected chi connectivity index (χ0v) is 22.0. The van der Waals surface area contributed by atoms with E-state index >= 15 is 4.39 Å². The maximum Gasteiger partial charge on any atom is 0.268 e. The van der Waals surface area contributed by atoms with Gasteiger partial charge in [0.25, 0.3) is 15.9 Å². The molecule has 3 aromatic rings. The van der Waals surface area contributed by atoms with Crippen LogP contribution in [0.1, 0.15) is 44.5 Å². The third-order valence-corrected chi connectivity index (χ3v) is 8.30. The predicted molar refractivity (Wildman–Crippen MR) is 139 cm³/mol. The first-order valence-corrected chi connectivity index (χ1v) is 13.4. The van der Waals surface area contributed by atoms with Crippen molar-refractivity contribution in [2.75, 3.05) is 23.8 Å². The number of anilines is 2. The van der Waals surface area contributed by atoms with Crippen LogP contribution in [0.25, 0.3) is 11.3 Å². The Hall–Kier alpha value is -3.73. The number of ether oxygens (including phenoxy) is 1. The van der Waals surface area contributed by atoms with Gasteiger partial charge in [0.1, 0.15) is 16.5 Å². The van der Waals surface area contributed by atoms with Crippen LogP contribution in [-0.2, 0) is 10.0 Å². The summed E-state index contributed by atoms with van der Waals surface area (Å²) in [7, 11) is -4.31. The lowest BCUT2D eigenvalue weighted by atomic mass is 9.90. The summed E-state index contributed by atoms with van der Waals surface area (Å²) >= 11 is 0. The highest BCUT2D eigenvalue weighted by atomic mass is 32.2. The van der Waals surface area contributed by atoms with Crippen LogP contribution < -0.4 is 20.1 Å². The lowest BCUT2D eigenvalue weighted by Crippen LogP contribution is -2.43. The fourth-order valence-electron chi connectivity index (χ4n) is 4.43. The molecule has 1 unspecified atom stereocenters. The molecule has 3 heterocycles. The number of rotatable bonds is 7. The van der Waals surface area contributed by atoms with Gasteiger partial charge in [-0.1, -0.05) is 13.0 Å². The van der Waals surface area contributed by atoms with Crippen LogP contribution in [0.3, 0.4) is 0 Å². The second-order valence-electron chi connectivity index (χ2n) is 9.43. The van der Waals surface area contributed by atoms with E-state index in [-0.39, 0.29) is 44.9 Å². The quantitative estimate of drug-likeness (QED) is 0.472. The van der Waals surface area contributed by atoms with Crippen LogP contribution in [0, 0.1) is 11.7 Å². The number of hydrogen-bond acceptors (Lipinski definition) is 8. The van der Waals surface area contributed by atoms with Gasteiger partial charge in [-0.05, 0) is 69.5 Å². The molecule has 1 aliphatic heterocycles. The Morgan fingerprint density at radius 2 is 2.00 bits per heavy atom. The number of nitrogens with zero attached hydrogens (tertiary/aromatic N) is 3. The summed E-state index contributed by atoms with van der Waals surface area (Å²) in [6.07, 6.45) is 2.20. The average Bonchev–Trinajstić information content (AvgIpc) is 3.12. The molecule has 0 spiro atoms. The first-order chi connectivity index (χ1) is 17.5. The van der Waals surface area contributed by atoms with Gasteiger partial charge in [0.2, 0.25) is 0 Å². The van der Waals surface area contributed by atoms with Crippen LogP contribution in [0.5, 0.6) is 5.75 Å². The zero-order chi connectivity index (χ0) is 27.0. The van der Waals surface area contributed by atoms with Crippen LogP contribution in [0.15, 0.2) is 53.6 Å². The minimum Gasteiger partial charge on any atom is -0.491 e. The summed E-state index contributed by atoms with van der Waals surface area (Å²) in [4.78, 5) is 23.5. The number of pyridine rings is 2. The van der Waals surface area contributed by atoms with Crippen LogP contribution >= 0.6 is 0 Å². The van der Waals surface area contributed by atoms with E-state index in [4.69, 9.17) is 15.5 Å². The lowest BCUT2D eigenvalue weighted by molar-refractivity contribution is 0.0981. The van der Waals surface area contributed by atoms with E-state index in [1.807, 2.05) is 18.7 Å². The number of sulfonamides is 1. The lowest BCUT2D eigenvalue weighted by Gasteiger charge is -2.36. The summed E-state index contributed by atoms with van der Waals surface area (Å²) in [6.45, 7) is 8.82. The number of benzene rings is 1. The largest absolute Gasteiger partial charge is 0.491 e. The molecule has 0 aliphatic carbocycles. The minimum atomic E-state index is -4.31. The molecule has 1 fully saturated rings. The second-order valence-corrected chi connectivity index (χ2v) is 11.1. The number of carbonyl (C=O) groups is 1. The molecular formula is C26H30FN5O4S. The van der Waals surface area contributed by atoms with Crippen molar-refractivity contribution in [3.63, 3.8) is 0 Å². The number of amides is 1. The third kappa shape index (κ3) is 4.95. The molecular weight excluding hydrogens is 497 g/mol. The van der Waals surface area contributed by atoms with Gasteiger partial charge >= 0.3 is 0 Å². The van der Waals surface area contributed by atoms with Crippen molar-refractivity contribution < 1.29 is 22.3 Å². The Kier molecular flexibility index (Phi) is 7.09. The summed E-state index contributed by atoms with van der Waals surface area (Å²) in [5.74, 6) is -1.04. The van der Waals surface area contributed by atoms with Crippen molar-refractivity contribution in [1.29, 1.82) is 0 Å².